The Hall–Kier alpha value is -1.51. The van der Waals surface area contributed by atoms with Gasteiger partial charge in [0.25, 0.3) is 0 Å². The number of methoxy groups -OCH3 is 3. The third-order valence-electron chi connectivity index (χ3n) is 2.84. The first-order valence-corrected chi connectivity index (χ1v) is 6.80. The van der Waals surface area contributed by atoms with Gasteiger partial charge in [0.05, 0.1) is 32.6 Å². The summed E-state index contributed by atoms with van der Waals surface area (Å²) >= 11 is 0. The van der Waals surface area contributed by atoms with Crippen LogP contribution in [-0.2, 0) is 31.9 Å². The van der Waals surface area contributed by atoms with Crippen molar-refractivity contribution in [2.75, 3.05) is 47.8 Å². The Balaban J connectivity index is 2.55. The summed E-state index contributed by atoms with van der Waals surface area (Å²) in [4.78, 5) is 11.6. The molecule has 0 aliphatic carbocycles. The van der Waals surface area contributed by atoms with E-state index in [-0.39, 0.29) is 5.69 Å². The van der Waals surface area contributed by atoms with Crippen LogP contribution in [0.1, 0.15) is 22.6 Å². The molecule has 1 aromatic rings. The minimum Gasteiger partial charge on any atom is -0.464 e. The van der Waals surface area contributed by atoms with Gasteiger partial charge in [-0.3, -0.25) is 0 Å². The van der Waals surface area contributed by atoms with Crippen LogP contribution >= 0.6 is 0 Å². The van der Waals surface area contributed by atoms with Crippen LogP contribution in [0.5, 0.6) is 0 Å². The average molecular weight is 301 g/mol. The first-order chi connectivity index (χ1) is 10.2. The van der Waals surface area contributed by atoms with E-state index >= 15 is 0 Å². The van der Waals surface area contributed by atoms with Crippen molar-refractivity contribution in [1.82, 2.24) is 15.0 Å². The lowest BCUT2D eigenvalue weighted by atomic mass is 10.2. The fourth-order valence-electron chi connectivity index (χ4n) is 1.77. The monoisotopic (exact) mass is 301 g/mol. The van der Waals surface area contributed by atoms with Crippen molar-refractivity contribution in [2.24, 2.45) is 0 Å². The van der Waals surface area contributed by atoms with E-state index < -0.39 is 5.97 Å². The first-order valence-electron chi connectivity index (χ1n) is 6.80. The Labute approximate surface area is 124 Å². The molecule has 0 fully saturated rings. The second-order valence-electron chi connectivity index (χ2n) is 4.30. The molecule has 120 valence electrons. The maximum Gasteiger partial charge on any atom is 0.360 e. The molecule has 0 aromatic carbocycles. The second kappa shape index (κ2) is 10.3. The number of ether oxygens (including phenoxy) is 4. The molecule has 0 aliphatic heterocycles. The SMILES string of the molecule is COCCCOCCn1nnc(C(=O)OC)c1CCOC. The highest BCUT2D eigenvalue weighted by molar-refractivity contribution is 5.88. The lowest BCUT2D eigenvalue weighted by Crippen LogP contribution is -2.15. The van der Waals surface area contributed by atoms with Crippen LogP contribution in [0.4, 0.5) is 0 Å². The van der Waals surface area contributed by atoms with Crippen LogP contribution in [-0.4, -0.2) is 68.7 Å². The predicted molar refractivity (Wildman–Crippen MR) is 74.3 cm³/mol. The lowest BCUT2D eigenvalue weighted by molar-refractivity contribution is 0.0591. The third kappa shape index (κ3) is 5.78. The van der Waals surface area contributed by atoms with E-state index in [4.69, 9.17) is 18.9 Å². The Kier molecular flexibility index (Phi) is 8.56. The maximum atomic E-state index is 11.6. The van der Waals surface area contributed by atoms with Crippen LogP contribution in [0.15, 0.2) is 0 Å². The van der Waals surface area contributed by atoms with Gasteiger partial charge in [-0.15, -0.1) is 5.10 Å². The van der Waals surface area contributed by atoms with Gasteiger partial charge in [-0.1, -0.05) is 5.21 Å². The van der Waals surface area contributed by atoms with E-state index in [1.165, 1.54) is 7.11 Å². The largest absolute Gasteiger partial charge is 0.464 e. The minimum atomic E-state index is -0.492. The maximum absolute atomic E-state index is 11.6. The van der Waals surface area contributed by atoms with Crippen molar-refractivity contribution in [2.45, 2.75) is 19.4 Å². The van der Waals surface area contributed by atoms with Crippen LogP contribution in [0.25, 0.3) is 0 Å². The van der Waals surface area contributed by atoms with E-state index in [1.54, 1.807) is 18.9 Å². The smallest absolute Gasteiger partial charge is 0.360 e. The van der Waals surface area contributed by atoms with Crippen molar-refractivity contribution in [3.63, 3.8) is 0 Å². The molecule has 0 saturated heterocycles. The number of aromatic nitrogens is 3. The van der Waals surface area contributed by atoms with E-state index in [0.29, 0.717) is 45.1 Å². The molecule has 21 heavy (non-hydrogen) atoms. The number of hydrogen-bond acceptors (Lipinski definition) is 7. The summed E-state index contributed by atoms with van der Waals surface area (Å²) in [6.45, 7) is 2.80. The number of esters is 1. The van der Waals surface area contributed by atoms with Gasteiger partial charge in [-0.05, 0) is 6.42 Å². The van der Waals surface area contributed by atoms with Gasteiger partial charge in [0.2, 0.25) is 0 Å². The summed E-state index contributed by atoms with van der Waals surface area (Å²) in [5.41, 5.74) is 0.929. The molecule has 0 saturated carbocycles. The van der Waals surface area contributed by atoms with Gasteiger partial charge in [-0.25, -0.2) is 9.48 Å². The zero-order valence-electron chi connectivity index (χ0n) is 12.8. The van der Waals surface area contributed by atoms with E-state index in [1.807, 2.05) is 0 Å². The summed E-state index contributed by atoms with van der Waals surface area (Å²) in [6, 6.07) is 0. The summed E-state index contributed by atoms with van der Waals surface area (Å²) in [7, 11) is 4.58. The van der Waals surface area contributed by atoms with Crippen molar-refractivity contribution in [1.29, 1.82) is 0 Å². The highest BCUT2D eigenvalue weighted by Gasteiger charge is 2.19. The van der Waals surface area contributed by atoms with E-state index in [9.17, 15) is 4.79 Å². The van der Waals surface area contributed by atoms with Gasteiger partial charge in [0.1, 0.15) is 0 Å². The van der Waals surface area contributed by atoms with Crippen LogP contribution < -0.4 is 0 Å². The Morgan fingerprint density at radius 1 is 1.10 bits per heavy atom. The molecule has 0 radical (unpaired) electrons. The van der Waals surface area contributed by atoms with Crippen LogP contribution in [0.3, 0.4) is 0 Å². The summed E-state index contributed by atoms with van der Waals surface area (Å²) in [5.74, 6) is -0.492. The van der Waals surface area contributed by atoms with Gasteiger partial charge in [0.15, 0.2) is 5.69 Å². The van der Waals surface area contributed by atoms with E-state index in [0.717, 1.165) is 6.42 Å². The van der Waals surface area contributed by atoms with Gasteiger partial charge >= 0.3 is 5.97 Å². The molecule has 0 N–H and O–H groups in total. The summed E-state index contributed by atoms with van der Waals surface area (Å²) in [6.07, 6.45) is 1.38. The van der Waals surface area contributed by atoms with E-state index in [2.05, 4.69) is 10.3 Å². The Bertz CT molecular complexity index is 422. The number of carbonyl (C=O) groups is 1. The fraction of sp³-hybridized carbons (Fsp3) is 0.769. The molecule has 8 heteroatoms. The van der Waals surface area contributed by atoms with Crippen LogP contribution in [0, 0.1) is 0 Å². The second-order valence-corrected chi connectivity index (χ2v) is 4.30. The highest BCUT2D eigenvalue weighted by atomic mass is 16.5. The number of carbonyl (C=O) groups excluding carboxylic acids is 1. The first kappa shape index (κ1) is 17.5. The summed E-state index contributed by atoms with van der Waals surface area (Å²) < 4.78 is 21.8. The molecule has 1 aromatic heterocycles. The molecule has 0 atom stereocenters. The number of nitrogens with zero attached hydrogens (tertiary/aromatic N) is 3. The van der Waals surface area contributed by atoms with Gasteiger partial charge in [0, 0.05) is 33.9 Å². The van der Waals surface area contributed by atoms with Gasteiger partial charge < -0.3 is 18.9 Å². The molecule has 8 nitrogen and oxygen atoms in total. The molecule has 0 aliphatic rings. The fourth-order valence-corrected chi connectivity index (χ4v) is 1.77. The quantitative estimate of drug-likeness (QED) is 0.429. The molecule has 0 amide bonds. The molecule has 0 spiro atoms. The standard InChI is InChI=1S/C13H23N3O5/c1-18-7-4-8-21-10-6-16-11(5-9-19-2)12(14-15-16)13(17)20-3/h4-10H2,1-3H3. The molecular formula is C13H23N3O5. The normalized spacial score (nSPS) is 10.8. The average Bonchev–Trinajstić information content (AvgIpc) is 2.90. The third-order valence-corrected chi connectivity index (χ3v) is 2.84. The molecule has 0 bridgehead atoms. The van der Waals surface area contributed by atoms with Crippen LogP contribution in [0.2, 0.25) is 0 Å². The minimum absolute atomic E-state index is 0.230. The van der Waals surface area contributed by atoms with Crippen molar-refractivity contribution >= 4 is 5.97 Å². The zero-order valence-corrected chi connectivity index (χ0v) is 12.8. The Morgan fingerprint density at radius 2 is 1.86 bits per heavy atom. The molecule has 0 unspecified atom stereocenters. The zero-order chi connectivity index (χ0) is 15.5. The van der Waals surface area contributed by atoms with Crippen molar-refractivity contribution < 1.29 is 23.7 Å². The molecule has 1 rings (SSSR count). The number of hydrogen-bond donors (Lipinski definition) is 0. The molecule has 1 heterocycles. The van der Waals surface area contributed by atoms with Gasteiger partial charge in [-0.2, -0.15) is 0 Å². The topological polar surface area (TPSA) is 84.7 Å². The number of rotatable bonds is 11. The Morgan fingerprint density at radius 3 is 2.52 bits per heavy atom. The lowest BCUT2D eigenvalue weighted by Gasteiger charge is -2.08. The predicted octanol–water partition coefficient (Wildman–Crippen LogP) is 0.307. The van der Waals surface area contributed by atoms with Crippen molar-refractivity contribution in [3.8, 4) is 0 Å². The molecular weight excluding hydrogens is 278 g/mol. The van der Waals surface area contributed by atoms with Crippen molar-refractivity contribution in [3.05, 3.63) is 11.4 Å². The highest BCUT2D eigenvalue weighted by Crippen LogP contribution is 2.08. The summed E-state index contributed by atoms with van der Waals surface area (Å²) in [5, 5.41) is 7.85.